The van der Waals surface area contributed by atoms with Crippen molar-refractivity contribution in [3.63, 3.8) is 0 Å². The molecule has 89 valence electrons. The summed E-state index contributed by atoms with van der Waals surface area (Å²) in [6.45, 7) is 6.30. The van der Waals surface area contributed by atoms with Gasteiger partial charge in [0.1, 0.15) is 11.5 Å². The third-order valence-corrected chi connectivity index (χ3v) is 1.99. The second kappa shape index (κ2) is 6.82. The molecule has 0 aliphatic rings. The molecule has 0 saturated heterocycles. The maximum atomic E-state index is 10.3. The van der Waals surface area contributed by atoms with E-state index in [1.807, 2.05) is 6.07 Å². The summed E-state index contributed by atoms with van der Waals surface area (Å²) in [6, 6.07) is 5.32. The van der Waals surface area contributed by atoms with Gasteiger partial charge in [-0.15, -0.1) is 0 Å². The third kappa shape index (κ3) is 5.43. The molecule has 0 radical (unpaired) electrons. The molecule has 1 aromatic carbocycles. The molecular formula is C12H18FO2Ti. The zero-order valence-electron chi connectivity index (χ0n) is 10.2. The number of hydrogen-bond donors (Lipinski definition) is 1. The number of hydrogen-bond acceptors (Lipinski definition) is 2. The minimum absolute atomic E-state index is 0.0338. The van der Waals surface area contributed by atoms with Gasteiger partial charge < -0.3 is 9.84 Å². The number of methoxy groups -OCH3 is 1. The van der Waals surface area contributed by atoms with E-state index < -0.39 is 19.2 Å². The average Bonchev–Trinajstić information content (AvgIpc) is 2.16. The number of aromatic hydroxyl groups is 1. The normalized spacial score (nSPS) is 9.81. The minimum atomic E-state index is -1.25. The summed E-state index contributed by atoms with van der Waals surface area (Å²) in [7, 11) is 1.60. The zero-order chi connectivity index (χ0) is 12.8. The summed E-state index contributed by atoms with van der Waals surface area (Å²) in [6.07, 6.45) is 0. The van der Waals surface area contributed by atoms with Crippen LogP contribution in [0, 0.1) is 0 Å². The zero-order valence-corrected chi connectivity index (χ0v) is 11.7. The van der Waals surface area contributed by atoms with Gasteiger partial charge in [0, 0.05) is 6.07 Å². The van der Waals surface area contributed by atoms with Crippen LogP contribution in [0.25, 0.3) is 0 Å². The predicted molar refractivity (Wildman–Crippen MR) is 61.6 cm³/mol. The molecule has 0 heterocycles. The summed E-state index contributed by atoms with van der Waals surface area (Å²) in [5, 5.41) is 9.41. The average molecular weight is 261 g/mol. The Hall–Kier alpha value is -0.666. The Morgan fingerprint density at radius 2 is 1.81 bits per heavy atom. The molecule has 0 saturated carbocycles. The summed E-state index contributed by atoms with van der Waals surface area (Å²) in [4.78, 5) is 2.94. The third-order valence-electron chi connectivity index (χ3n) is 1.99. The fraction of sp³-hybridized carbons (Fsp3) is 0.417. The molecule has 4 heteroatoms. The molecule has 0 spiro atoms. The van der Waals surface area contributed by atoms with Crippen LogP contribution in [0.2, 0.25) is 0 Å². The van der Waals surface area contributed by atoms with Crippen molar-refractivity contribution in [1.82, 2.24) is 0 Å². The quantitative estimate of drug-likeness (QED) is 0.787. The predicted octanol–water partition coefficient (Wildman–Crippen LogP) is 3.08. The molecule has 2 nitrogen and oxygen atoms in total. The van der Waals surface area contributed by atoms with Crippen LogP contribution in [-0.4, -0.2) is 17.0 Å². The van der Waals surface area contributed by atoms with Crippen molar-refractivity contribution in [2.75, 3.05) is 7.11 Å². The van der Waals surface area contributed by atoms with E-state index in [1.54, 1.807) is 19.2 Å². The SMILES string of the molecule is COc1cc(O)cc(C(C)(C)C)c1.[CH2]=[Ti][F]. The molecular weight excluding hydrogens is 243 g/mol. The number of phenolic OH excluding ortho intramolecular Hbond substituents is 1. The van der Waals surface area contributed by atoms with Crippen molar-refractivity contribution < 1.29 is 32.2 Å². The summed E-state index contributed by atoms with van der Waals surface area (Å²) < 4.78 is 15.4. The molecule has 1 rings (SSSR count). The molecule has 0 aromatic heterocycles. The van der Waals surface area contributed by atoms with E-state index in [9.17, 15) is 8.20 Å². The second-order valence-electron chi connectivity index (χ2n) is 4.30. The van der Waals surface area contributed by atoms with E-state index in [1.165, 1.54) is 0 Å². The topological polar surface area (TPSA) is 29.5 Å². The monoisotopic (exact) mass is 261 g/mol. The number of ether oxygens (including phenoxy) is 1. The summed E-state index contributed by atoms with van der Waals surface area (Å²) in [5.74, 6) is 0.953. The molecule has 0 fully saturated rings. The molecule has 0 aliphatic heterocycles. The van der Waals surface area contributed by atoms with Crippen molar-refractivity contribution in [1.29, 1.82) is 0 Å². The van der Waals surface area contributed by atoms with Crippen LogP contribution in [0.1, 0.15) is 26.3 Å². The first-order valence-corrected chi connectivity index (χ1v) is 6.55. The van der Waals surface area contributed by atoms with Crippen molar-refractivity contribution in [3.05, 3.63) is 23.8 Å². The van der Waals surface area contributed by atoms with Gasteiger partial charge in [-0.25, -0.2) is 0 Å². The molecule has 0 bridgehead atoms. The molecule has 16 heavy (non-hydrogen) atoms. The van der Waals surface area contributed by atoms with E-state index in [-0.39, 0.29) is 11.2 Å². The Labute approximate surface area is 106 Å². The van der Waals surface area contributed by atoms with Gasteiger partial charge in [-0.2, -0.15) is 0 Å². The fourth-order valence-corrected chi connectivity index (χ4v) is 1.13. The van der Waals surface area contributed by atoms with Crippen LogP contribution in [0.4, 0.5) is 3.09 Å². The van der Waals surface area contributed by atoms with Crippen LogP contribution in [0.5, 0.6) is 11.5 Å². The number of benzene rings is 1. The second-order valence-corrected chi connectivity index (χ2v) is 4.72. The first-order valence-electron chi connectivity index (χ1n) is 4.86. The van der Waals surface area contributed by atoms with Crippen LogP contribution < -0.4 is 4.74 Å². The maximum absolute atomic E-state index is 10.3. The summed E-state index contributed by atoms with van der Waals surface area (Å²) >= 11 is -1.25. The van der Waals surface area contributed by atoms with Crippen LogP contribution in [0.15, 0.2) is 18.2 Å². The summed E-state index contributed by atoms with van der Waals surface area (Å²) in [5.41, 5.74) is 1.11. The van der Waals surface area contributed by atoms with E-state index in [0.717, 1.165) is 5.56 Å². The van der Waals surface area contributed by atoms with Gasteiger partial charge in [0.15, 0.2) is 0 Å². The van der Waals surface area contributed by atoms with Crippen molar-refractivity contribution in [2.24, 2.45) is 0 Å². The van der Waals surface area contributed by atoms with E-state index in [2.05, 4.69) is 25.6 Å². The Bertz CT molecular complexity index is 345. The van der Waals surface area contributed by atoms with Gasteiger partial charge >= 0.3 is 27.1 Å². The first kappa shape index (κ1) is 15.3. The Morgan fingerprint density at radius 3 is 2.19 bits per heavy atom. The van der Waals surface area contributed by atoms with Gasteiger partial charge in [0.25, 0.3) is 0 Å². The van der Waals surface area contributed by atoms with E-state index in [4.69, 9.17) is 4.74 Å². The Morgan fingerprint density at radius 1 is 1.31 bits per heavy atom. The standard InChI is InChI=1S/C11H16O2.CH2.FH.Ti/c1-11(2,3)8-5-9(12)7-10(6-8)13-4;;;/h5-7,12H,1-4H3;1H2;1H;/q;;;+1/p-1. The van der Waals surface area contributed by atoms with Crippen molar-refractivity contribution in [3.8, 4) is 11.5 Å². The van der Waals surface area contributed by atoms with E-state index >= 15 is 0 Å². The molecule has 0 amide bonds. The molecule has 1 N–H and O–H groups in total. The molecule has 1 aromatic rings. The number of phenols is 1. The van der Waals surface area contributed by atoms with Crippen LogP contribution >= 0.6 is 0 Å². The molecule has 0 atom stereocenters. The van der Waals surface area contributed by atoms with Gasteiger partial charge in [-0.1, -0.05) is 20.8 Å². The molecule has 0 unspecified atom stereocenters. The van der Waals surface area contributed by atoms with Crippen LogP contribution in [0.3, 0.4) is 0 Å². The molecule has 0 aliphatic carbocycles. The fourth-order valence-electron chi connectivity index (χ4n) is 1.13. The van der Waals surface area contributed by atoms with Gasteiger partial charge in [-0.05, 0) is 23.1 Å². The van der Waals surface area contributed by atoms with Gasteiger partial charge in [-0.3, -0.25) is 0 Å². The number of halogens is 1. The number of rotatable bonds is 1. The van der Waals surface area contributed by atoms with Crippen molar-refractivity contribution in [2.45, 2.75) is 26.2 Å². The van der Waals surface area contributed by atoms with Crippen molar-refractivity contribution >= 4 is 4.82 Å². The Balaban J connectivity index is 0.000000673. The first-order chi connectivity index (χ1) is 7.35. The van der Waals surface area contributed by atoms with Gasteiger partial charge in [0.2, 0.25) is 0 Å². The Kier molecular flexibility index (Phi) is 6.53. The van der Waals surface area contributed by atoms with Crippen LogP contribution in [-0.2, 0) is 24.6 Å². The van der Waals surface area contributed by atoms with E-state index in [0.29, 0.717) is 5.75 Å². The van der Waals surface area contributed by atoms with Gasteiger partial charge in [0.05, 0.1) is 7.11 Å².